The Morgan fingerprint density at radius 1 is 1.13 bits per heavy atom. The number of aromatic amines is 1. The average molecular weight is 401 g/mol. The zero-order valence-corrected chi connectivity index (χ0v) is 16.4. The maximum absolute atomic E-state index is 14.0. The van der Waals surface area contributed by atoms with Crippen LogP contribution in [0.3, 0.4) is 0 Å². The second-order valence-electron chi connectivity index (χ2n) is 7.17. The molecule has 30 heavy (non-hydrogen) atoms. The number of para-hydroxylation sites is 1. The summed E-state index contributed by atoms with van der Waals surface area (Å²) >= 11 is 0. The zero-order valence-electron chi connectivity index (χ0n) is 16.4. The highest BCUT2D eigenvalue weighted by atomic mass is 19.1. The molecule has 0 fully saturated rings. The molecule has 0 amide bonds. The minimum absolute atomic E-state index is 0.175. The van der Waals surface area contributed by atoms with E-state index in [1.807, 2.05) is 30.3 Å². The number of imidazole rings is 1. The summed E-state index contributed by atoms with van der Waals surface area (Å²) in [7, 11) is 0. The van der Waals surface area contributed by atoms with Gasteiger partial charge in [-0.1, -0.05) is 37.3 Å². The summed E-state index contributed by atoms with van der Waals surface area (Å²) < 4.78 is 20.4. The summed E-state index contributed by atoms with van der Waals surface area (Å²) in [4.78, 5) is 15.9. The normalized spacial score (nSPS) is 14.3. The van der Waals surface area contributed by atoms with E-state index in [0.29, 0.717) is 23.4 Å². The Morgan fingerprint density at radius 2 is 2.03 bits per heavy atom. The van der Waals surface area contributed by atoms with Crippen LogP contribution in [0.5, 0.6) is 5.75 Å². The van der Waals surface area contributed by atoms with E-state index in [-0.39, 0.29) is 11.9 Å². The van der Waals surface area contributed by atoms with Crippen molar-refractivity contribution in [2.75, 3.05) is 5.32 Å². The van der Waals surface area contributed by atoms with E-state index < -0.39 is 0 Å². The highest BCUT2D eigenvalue weighted by Crippen LogP contribution is 2.37. The maximum Gasteiger partial charge on any atom is 0.162 e. The molecule has 0 unspecified atom stereocenters. The largest absolute Gasteiger partial charge is 0.459 e. The summed E-state index contributed by atoms with van der Waals surface area (Å²) in [5, 5.41) is 3.46. The smallest absolute Gasteiger partial charge is 0.162 e. The number of nitrogens with zero attached hydrogens (tertiary/aromatic N) is 3. The van der Waals surface area contributed by atoms with Crippen molar-refractivity contribution in [2.45, 2.75) is 25.8 Å². The fourth-order valence-corrected chi connectivity index (χ4v) is 3.80. The van der Waals surface area contributed by atoms with Crippen LogP contribution in [0.4, 0.5) is 10.2 Å². The van der Waals surface area contributed by atoms with Crippen molar-refractivity contribution in [3.8, 4) is 5.75 Å². The Bertz CT molecular complexity index is 1250. The molecule has 5 rings (SSSR count). The van der Waals surface area contributed by atoms with Gasteiger partial charge in [0.05, 0.1) is 12.4 Å². The first kappa shape index (κ1) is 18.3. The number of benzene rings is 2. The lowest BCUT2D eigenvalue weighted by Gasteiger charge is -2.29. The van der Waals surface area contributed by atoms with E-state index in [0.717, 1.165) is 34.6 Å². The number of allylic oxidation sites excluding steroid dienone is 1. The molecule has 0 spiro atoms. The fraction of sp³-hybridized carbons (Fsp3) is 0.174. The first-order valence-corrected chi connectivity index (χ1v) is 9.88. The standard InChI is InChI=1S/C23H20FN5O/c1-2-18(29-23-20-22(26-12-25-20)27-13-28-23)21-17(14-7-5-8-16(24)10-14)11-15-6-3-4-9-19(15)30-21/h3-10,12-13,18H,2,11H2,1H3,(H2,25,26,27,28,29)/t18-/m0/s1. The van der Waals surface area contributed by atoms with Crippen LogP contribution in [0.15, 0.2) is 66.9 Å². The van der Waals surface area contributed by atoms with Gasteiger partial charge in [-0.05, 0) is 35.7 Å². The Labute approximate surface area is 172 Å². The van der Waals surface area contributed by atoms with Crippen LogP contribution in [0.25, 0.3) is 16.7 Å². The molecule has 0 bridgehead atoms. The molecule has 1 aliphatic rings. The third-order valence-corrected chi connectivity index (χ3v) is 5.28. The summed E-state index contributed by atoms with van der Waals surface area (Å²) in [6.07, 6.45) is 4.49. The molecule has 6 nitrogen and oxygen atoms in total. The maximum atomic E-state index is 14.0. The summed E-state index contributed by atoms with van der Waals surface area (Å²) in [6, 6.07) is 14.4. The summed E-state index contributed by atoms with van der Waals surface area (Å²) in [5.41, 5.74) is 4.18. The molecule has 1 aliphatic heterocycles. The number of H-pyrrole nitrogens is 1. The molecule has 0 saturated heterocycles. The number of ether oxygens (including phenoxy) is 1. The van der Waals surface area contributed by atoms with Crippen LogP contribution < -0.4 is 10.1 Å². The van der Waals surface area contributed by atoms with Crippen molar-refractivity contribution in [1.29, 1.82) is 0 Å². The van der Waals surface area contributed by atoms with E-state index in [9.17, 15) is 4.39 Å². The molecule has 0 aliphatic carbocycles. The van der Waals surface area contributed by atoms with Gasteiger partial charge in [-0.2, -0.15) is 0 Å². The molecule has 2 aromatic heterocycles. The van der Waals surface area contributed by atoms with Crippen molar-refractivity contribution in [3.05, 3.63) is 83.9 Å². The van der Waals surface area contributed by atoms with Crippen LogP contribution in [0.1, 0.15) is 24.5 Å². The molecule has 4 aromatic rings. The molecule has 0 radical (unpaired) electrons. The van der Waals surface area contributed by atoms with Gasteiger partial charge in [-0.3, -0.25) is 0 Å². The fourth-order valence-electron chi connectivity index (χ4n) is 3.80. The number of fused-ring (bicyclic) bond motifs is 2. The van der Waals surface area contributed by atoms with Gasteiger partial charge in [0.25, 0.3) is 0 Å². The second kappa shape index (κ2) is 7.59. The molecule has 0 saturated carbocycles. The quantitative estimate of drug-likeness (QED) is 0.506. The van der Waals surface area contributed by atoms with Gasteiger partial charge in [0.15, 0.2) is 11.5 Å². The second-order valence-corrected chi connectivity index (χ2v) is 7.17. The Morgan fingerprint density at radius 3 is 2.90 bits per heavy atom. The van der Waals surface area contributed by atoms with Crippen molar-refractivity contribution < 1.29 is 9.13 Å². The number of aromatic nitrogens is 4. The zero-order chi connectivity index (χ0) is 20.5. The van der Waals surface area contributed by atoms with Crippen molar-refractivity contribution in [1.82, 2.24) is 19.9 Å². The number of hydrogen-bond acceptors (Lipinski definition) is 5. The number of rotatable bonds is 5. The average Bonchev–Trinajstić information content (AvgIpc) is 3.26. The van der Waals surface area contributed by atoms with Gasteiger partial charge in [0, 0.05) is 12.0 Å². The Balaban J connectivity index is 1.60. The minimum Gasteiger partial charge on any atom is -0.459 e. The van der Waals surface area contributed by atoms with Crippen LogP contribution in [0.2, 0.25) is 0 Å². The SMILES string of the molecule is CC[C@H](Nc1ncnc2[nH]cnc12)C1=C(c2cccc(F)c2)Cc2ccccc2O1. The highest BCUT2D eigenvalue weighted by Gasteiger charge is 2.27. The minimum atomic E-state index is -0.270. The van der Waals surface area contributed by atoms with Gasteiger partial charge in [-0.15, -0.1) is 0 Å². The van der Waals surface area contributed by atoms with Gasteiger partial charge in [0.1, 0.15) is 29.2 Å². The summed E-state index contributed by atoms with van der Waals surface area (Å²) in [5.74, 6) is 1.94. The van der Waals surface area contributed by atoms with E-state index in [1.165, 1.54) is 12.4 Å². The predicted molar refractivity (Wildman–Crippen MR) is 113 cm³/mol. The topological polar surface area (TPSA) is 75.7 Å². The highest BCUT2D eigenvalue weighted by molar-refractivity contribution is 5.83. The van der Waals surface area contributed by atoms with Crippen LogP contribution in [-0.4, -0.2) is 26.0 Å². The first-order chi connectivity index (χ1) is 14.7. The van der Waals surface area contributed by atoms with E-state index in [2.05, 4.69) is 32.2 Å². The summed E-state index contributed by atoms with van der Waals surface area (Å²) in [6.45, 7) is 2.07. The Kier molecular flexibility index (Phi) is 4.63. The monoisotopic (exact) mass is 401 g/mol. The van der Waals surface area contributed by atoms with Gasteiger partial charge >= 0.3 is 0 Å². The third kappa shape index (κ3) is 3.28. The number of halogens is 1. The molecule has 2 N–H and O–H groups in total. The van der Waals surface area contributed by atoms with Crippen molar-refractivity contribution in [2.24, 2.45) is 0 Å². The van der Waals surface area contributed by atoms with Crippen molar-refractivity contribution >= 4 is 22.6 Å². The van der Waals surface area contributed by atoms with Crippen LogP contribution >= 0.6 is 0 Å². The molecular weight excluding hydrogens is 381 g/mol. The molecular formula is C23H20FN5O. The number of hydrogen-bond donors (Lipinski definition) is 2. The number of nitrogens with one attached hydrogen (secondary N) is 2. The third-order valence-electron chi connectivity index (χ3n) is 5.28. The Hall–Kier alpha value is -3.74. The lowest BCUT2D eigenvalue weighted by molar-refractivity contribution is 0.378. The molecule has 7 heteroatoms. The lowest BCUT2D eigenvalue weighted by atomic mass is 9.91. The van der Waals surface area contributed by atoms with Crippen LogP contribution in [0, 0.1) is 5.82 Å². The van der Waals surface area contributed by atoms with E-state index in [4.69, 9.17) is 4.74 Å². The molecule has 1 atom stereocenters. The van der Waals surface area contributed by atoms with Gasteiger partial charge < -0.3 is 15.0 Å². The van der Waals surface area contributed by atoms with E-state index >= 15 is 0 Å². The van der Waals surface area contributed by atoms with Gasteiger partial charge in [0.2, 0.25) is 0 Å². The van der Waals surface area contributed by atoms with Crippen LogP contribution in [-0.2, 0) is 6.42 Å². The molecule has 3 heterocycles. The predicted octanol–water partition coefficient (Wildman–Crippen LogP) is 4.73. The molecule has 2 aromatic carbocycles. The molecule has 150 valence electrons. The van der Waals surface area contributed by atoms with Gasteiger partial charge in [-0.25, -0.2) is 19.3 Å². The van der Waals surface area contributed by atoms with E-state index in [1.54, 1.807) is 18.5 Å². The number of anilines is 1. The first-order valence-electron chi connectivity index (χ1n) is 9.88. The lowest BCUT2D eigenvalue weighted by Crippen LogP contribution is -2.28. The van der Waals surface area contributed by atoms with Crippen molar-refractivity contribution in [3.63, 3.8) is 0 Å².